The van der Waals surface area contributed by atoms with Gasteiger partial charge in [0, 0.05) is 6.54 Å². The minimum Gasteiger partial charge on any atom is -1.00 e. The van der Waals surface area contributed by atoms with Crippen LogP contribution in [-0.4, -0.2) is 37.5 Å². The van der Waals surface area contributed by atoms with Gasteiger partial charge in [-0.05, 0) is 46.5 Å². The second-order valence-electron chi connectivity index (χ2n) is 6.00. The van der Waals surface area contributed by atoms with E-state index in [9.17, 15) is 9.59 Å². The summed E-state index contributed by atoms with van der Waals surface area (Å²) in [5.41, 5.74) is -0.461. The Labute approximate surface area is 140 Å². The molecule has 0 atom stereocenters. The highest BCUT2D eigenvalue weighted by molar-refractivity contribution is 5.67. The average Bonchev–Trinajstić information content (AvgIpc) is 2.35. The molecule has 0 bridgehead atoms. The minimum atomic E-state index is -0.461. The SMILES string of the molecule is CCCCOC(=O)[NH2+]CCCCCNC(=O)OC(C)(C)C.[Cl-]. The molecule has 0 aromatic rings. The van der Waals surface area contributed by atoms with E-state index < -0.39 is 5.60 Å². The first kappa shape index (κ1) is 23.3. The number of rotatable bonds is 9. The number of nitrogens with two attached hydrogens (primary N) is 1. The normalized spacial score (nSPS) is 10.5. The van der Waals surface area contributed by atoms with Crippen LogP contribution in [0.5, 0.6) is 0 Å². The first-order chi connectivity index (χ1) is 9.85. The van der Waals surface area contributed by atoms with Gasteiger partial charge in [-0.1, -0.05) is 13.3 Å². The van der Waals surface area contributed by atoms with Crippen molar-refractivity contribution in [3.63, 3.8) is 0 Å². The summed E-state index contributed by atoms with van der Waals surface area (Å²) in [6.07, 6.45) is 4.07. The maximum Gasteiger partial charge on any atom is 0.512 e. The van der Waals surface area contributed by atoms with Crippen molar-refractivity contribution in [1.29, 1.82) is 0 Å². The molecule has 2 amide bonds. The van der Waals surface area contributed by atoms with Crippen molar-refractivity contribution in [1.82, 2.24) is 5.32 Å². The third-order valence-electron chi connectivity index (χ3n) is 2.60. The van der Waals surface area contributed by atoms with Gasteiger partial charge in [-0.25, -0.2) is 10.1 Å². The lowest BCUT2D eigenvalue weighted by atomic mass is 10.2. The van der Waals surface area contributed by atoms with Crippen molar-refractivity contribution in [2.24, 2.45) is 0 Å². The number of hydrogen-bond acceptors (Lipinski definition) is 4. The van der Waals surface area contributed by atoms with Crippen molar-refractivity contribution >= 4 is 12.2 Å². The Bertz CT molecular complexity index is 306. The van der Waals surface area contributed by atoms with E-state index in [-0.39, 0.29) is 24.6 Å². The lowest BCUT2D eigenvalue weighted by Crippen LogP contribution is -3.00. The van der Waals surface area contributed by atoms with E-state index >= 15 is 0 Å². The molecule has 0 heterocycles. The van der Waals surface area contributed by atoms with E-state index in [4.69, 9.17) is 9.47 Å². The third kappa shape index (κ3) is 17.0. The predicted molar refractivity (Wildman–Crippen MR) is 81.1 cm³/mol. The molecule has 0 aliphatic carbocycles. The Morgan fingerprint density at radius 3 is 2.36 bits per heavy atom. The maximum absolute atomic E-state index is 11.4. The Kier molecular flexibility index (Phi) is 14.4. The number of primary amides is 1. The number of unbranched alkanes of at least 4 members (excludes halogenated alkanes) is 3. The van der Waals surface area contributed by atoms with Crippen LogP contribution < -0.4 is 23.0 Å². The number of hydrogen-bond donors (Lipinski definition) is 2. The van der Waals surface area contributed by atoms with Gasteiger partial charge in [-0.2, -0.15) is 4.79 Å². The van der Waals surface area contributed by atoms with Crippen LogP contribution in [0.2, 0.25) is 0 Å². The molecule has 0 rings (SSSR count). The van der Waals surface area contributed by atoms with Crippen molar-refractivity contribution in [2.45, 2.75) is 65.4 Å². The zero-order chi connectivity index (χ0) is 16.1. The molecule has 22 heavy (non-hydrogen) atoms. The smallest absolute Gasteiger partial charge is 0.512 e. The standard InChI is InChI=1S/C15H30N2O4.ClH/c1-5-6-12-20-13(18)16-10-8-7-9-11-17-14(19)21-15(2,3)4;/h5-12H2,1-4H3,(H,16,18)(H,17,19);1H. The highest BCUT2D eigenvalue weighted by atomic mass is 35.5. The Morgan fingerprint density at radius 1 is 1.09 bits per heavy atom. The number of carbonyl (C=O) groups excluding carboxylic acids is 2. The molecule has 0 unspecified atom stereocenters. The number of amides is 2. The Balaban J connectivity index is 0. The van der Waals surface area contributed by atoms with Gasteiger partial charge in [-0.15, -0.1) is 0 Å². The molecule has 6 nitrogen and oxygen atoms in total. The van der Waals surface area contributed by atoms with Crippen molar-refractivity contribution < 1.29 is 36.8 Å². The van der Waals surface area contributed by atoms with Gasteiger partial charge in [0.2, 0.25) is 0 Å². The number of alkyl carbamates (subject to hydrolysis) is 1. The zero-order valence-corrected chi connectivity index (χ0v) is 15.0. The van der Waals surface area contributed by atoms with Gasteiger partial charge in [0.25, 0.3) is 0 Å². The molecule has 0 aliphatic heterocycles. The van der Waals surface area contributed by atoms with E-state index in [0.29, 0.717) is 13.2 Å². The molecule has 0 saturated heterocycles. The largest absolute Gasteiger partial charge is 1.00 e. The van der Waals surface area contributed by atoms with Gasteiger partial charge in [0.15, 0.2) is 0 Å². The number of halogens is 1. The summed E-state index contributed by atoms with van der Waals surface area (Å²) in [5.74, 6) is 0. The first-order valence-electron chi connectivity index (χ1n) is 7.82. The molecule has 0 fully saturated rings. The number of ether oxygens (including phenoxy) is 2. The molecule has 7 heteroatoms. The van der Waals surface area contributed by atoms with Crippen molar-refractivity contribution in [3.05, 3.63) is 0 Å². The Morgan fingerprint density at radius 2 is 1.77 bits per heavy atom. The molecule has 3 N–H and O–H groups in total. The number of carbonyl (C=O) groups is 2. The van der Waals surface area contributed by atoms with Gasteiger partial charge in [0.1, 0.15) is 5.60 Å². The predicted octanol–water partition coefficient (Wildman–Crippen LogP) is -0.814. The summed E-state index contributed by atoms with van der Waals surface area (Å²) in [4.78, 5) is 22.6. The van der Waals surface area contributed by atoms with Gasteiger partial charge in [-0.3, -0.25) is 0 Å². The number of nitrogens with one attached hydrogen (secondary N) is 1. The van der Waals surface area contributed by atoms with Gasteiger partial charge in [0.05, 0.1) is 13.2 Å². The lowest BCUT2D eigenvalue weighted by Gasteiger charge is -2.19. The van der Waals surface area contributed by atoms with Gasteiger partial charge < -0.3 is 27.2 Å². The van der Waals surface area contributed by atoms with Crippen LogP contribution in [0.15, 0.2) is 0 Å². The van der Waals surface area contributed by atoms with E-state index in [1.165, 1.54) is 0 Å². The van der Waals surface area contributed by atoms with Crippen LogP contribution in [-0.2, 0) is 9.47 Å². The summed E-state index contributed by atoms with van der Waals surface area (Å²) in [6.45, 7) is 9.38. The second-order valence-corrected chi connectivity index (χ2v) is 6.00. The first-order valence-corrected chi connectivity index (χ1v) is 7.82. The summed E-state index contributed by atoms with van der Waals surface area (Å²) in [6, 6.07) is 0. The van der Waals surface area contributed by atoms with E-state index in [1.54, 1.807) is 5.32 Å². The van der Waals surface area contributed by atoms with E-state index in [1.807, 2.05) is 20.8 Å². The number of quaternary nitrogens is 1. The molecule has 0 spiro atoms. The fourth-order valence-corrected chi connectivity index (χ4v) is 1.55. The fraction of sp³-hybridized carbons (Fsp3) is 0.867. The average molecular weight is 339 g/mol. The summed E-state index contributed by atoms with van der Waals surface area (Å²) < 4.78 is 10.1. The van der Waals surface area contributed by atoms with Crippen LogP contribution in [0.1, 0.15) is 59.8 Å². The van der Waals surface area contributed by atoms with E-state index in [0.717, 1.165) is 38.6 Å². The summed E-state index contributed by atoms with van der Waals surface area (Å²) in [5, 5.41) is 4.30. The van der Waals surface area contributed by atoms with Crippen molar-refractivity contribution in [2.75, 3.05) is 19.7 Å². The molecule has 132 valence electrons. The van der Waals surface area contributed by atoms with E-state index in [2.05, 4.69) is 12.2 Å². The maximum atomic E-state index is 11.4. The summed E-state index contributed by atoms with van der Waals surface area (Å²) >= 11 is 0. The highest BCUT2D eigenvalue weighted by Gasteiger charge is 2.15. The van der Waals surface area contributed by atoms with Crippen molar-refractivity contribution in [3.8, 4) is 0 Å². The molecule has 0 saturated carbocycles. The highest BCUT2D eigenvalue weighted by Crippen LogP contribution is 2.06. The molecule has 0 aliphatic rings. The van der Waals surface area contributed by atoms with Crippen LogP contribution in [0.4, 0.5) is 9.59 Å². The van der Waals surface area contributed by atoms with Crippen LogP contribution in [0.25, 0.3) is 0 Å². The van der Waals surface area contributed by atoms with Crippen LogP contribution in [0, 0.1) is 0 Å². The summed E-state index contributed by atoms with van der Waals surface area (Å²) in [7, 11) is 0. The minimum absolute atomic E-state index is 0. The Hall–Kier alpha value is -1.01. The lowest BCUT2D eigenvalue weighted by molar-refractivity contribution is -0.570. The van der Waals surface area contributed by atoms with Crippen LogP contribution >= 0.6 is 0 Å². The molecule has 0 aromatic heterocycles. The zero-order valence-electron chi connectivity index (χ0n) is 14.2. The molecular formula is C15H31ClN2O4. The third-order valence-corrected chi connectivity index (χ3v) is 2.60. The fourth-order valence-electron chi connectivity index (χ4n) is 1.55. The topological polar surface area (TPSA) is 81.2 Å². The van der Waals surface area contributed by atoms with Crippen LogP contribution in [0.3, 0.4) is 0 Å². The molecular weight excluding hydrogens is 308 g/mol. The monoisotopic (exact) mass is 338 g/mol. The van der Waals surface area contributed by atoms with Gasteiger partial charge >= 0.3 is 12.2 Å². The molecule has 0 radical (unpaired) electrons. The molecule has 0 aromatic carbocycles. The second kappa shape index (κ2) is 13.6. The quantitative estimate of drug-likeness (QED) is 0.539.